The Hall–Kier alpha value is -1.41. The van der Waals surface area contributed by atoms with Crippen LogP contribution in [0.2, 0.25) is 0 Å². The minimum Gasteiger partial charge on any atom is -0.370 e. The Kier molecular flexibility index (Phi) is 5.49. The summed E-state index contributed by atoms with van der Waals surface area (Å²) >= 11 is 0. The van der Waals surface area contributed by atoms with Crippen molar-refractivity contribution in [1.82, 2.24) is 9.97 Å². The molecule has 1 aromatic heterocycles. The van der Waals surface area contributed by atoms with E-state index in [0.29, 0.717) is 5.82 Å². The summed E-state index contributed by atoms with van der Waals surface area (Å²) in [7, 11) is -3.47. The van der Waals surface area contributed by atoms with Gasteiger partial charge in [-0.1, -0.05) is 13.8 Å². The van der Waals surface area contributed by atoms with Crippen LogP contribution in [0.1, 0.15) is 32.3 Å². The lowest BCUT2D eigenvalue weighted by molar-refractivity contribution is 0.598. The zero-order valence-corrected chi connectivity index (χ0v) is 12.3. The molecule has 0 saturated carbocycles. The van der Waals surface area contributed by atoms with E-state index in [9.17, 15) is 8.42 Å². The Balaban J connectivity index is 2.90. The van der Waals surface area contributed by atoms with E-state index in [1.807, 2.05) is 20.8 Å². The average Bonchev–Trinajstić information content (AvgIpc) is 2.27. The molecule has 0 atom stereocenters. The van der Waals surface area contributed by atoms with Crippen molar-refractivity contribution in [2.45, 2.75) is 26.7 Å². The fourth-order valence-electron chi connectivity index (χ4n) is 1.70. The lowest BCUT2D eigenvalue weighted by Gasteiger charge is -2.17. The van der Waals surface area contributed by atoms with Gasteiger partial charge < -0.3 is 10.6 Å². The molecular weight excluding hydrogens is 266 g/mol. The van der Waals surface area contributed by atoms with Crippen molar-refractivity contribution in [3.8, 4) is 0 Å². The van der Waals surface area contributed by atoms with Gasteiger partial charge in [0.05, 0.1) is 5.75 Å². The Bertz CT molecular complexity index is 516. The lowest BCUT2D eigenvalue weighted by Crippen LogP contribution is -2.23. The number of nitrogens with two attached hydrogens (primary N) is 1. The topological polar surface area (TPSA) is 110 Å². The maximum Gasteiger partial charge on any atom is 0.210 e. The molecule has 0 aliphatic heterocycles. The normalized spacial score (nSPS) is 11.6. The van der Waals surface area contributed by atoms with Crippen LogP contribution in [0.25, 0.3) is 0 Å². The molecule has 0 unspecified atom stereocenters. The largest absolute Gasteiger partial charge is 0.370 e. The fourth-order valence-corrected chi connectivity index (χ4v) is 2.09. The molecule has 7 nitrogen and oxygen atoms in total. The minimum atomic E-state index is -3.47. The Morgan fingerprint density at radius 2 is 1.84 bits per heavy atom. The van der Waals surface area contributed by atoms with E-state index in [4.69, 9.17) is 5.14 Å². The summed E-state index contributed by atoms with van der Waals surface area (Å²) in [5.41, 5.74) is 0.943. The van der Waals surface area contributed by atoms with E-state index in [1.54, 1.807) is 0 Å². The van der Waals surface area contributed by atoms with Crippen molar-refractivity contribution in [2.75, 3.05) is 29.5 Å². The first-order valence-electron chi connectivity index (χ1n) is 6.18. The molecule has 1 heterocycles. The number of primary sulfonamides is 1. The van der Waals surface area contributed by atoms with E-state index >= 15 is 0 Å². The Morgan fingerprint density at radius 1 is 1.26 bits per heavy atom. The van der Waals surface area contributed by atoms with Gasteiger partial charge in [0.25, 0.3) is 0 Å². The van der Waals surface area contributed by atoms with Gasteiger partial charge >= 0.3 is 0 Å². The van der Waals surface area contributed by atoms with Gasteiger partial charge in [0.2, 0.25) is 10.0 Å². The standard InChI is InChI=1S/C11H21N5O2S/c1-4-13-10-9(8(2)3)11(16-7-15-10)14-5-6-19(12,17)18/h7-8H,4-6H2,1-3H3,(H2,12,17,18)(H2,13,14,15,16). The van der Waals surface area contributed by atoms with Crippen molar-refractivity contribution < 1.29 is 8.42 Å². The molecule has 0 aliphatic rings. The van der Waals surface area contributed by atoms with Gasteiger partial charge in [0.15, 0.2) is 0 Å². The monoisotopic (exact) mass is 287 g/mol. The highest BCUT2D eigenvalue weighted by Gasteiger charge is 2.14. The van der Waals surface area contributed by atoms with Gasteiger partial charge in [-0.15, -0.1) is 0 Å². The highest BCUT2D eigenvalue weighted by Crippen LogP contribution is 2.27. The maximum absolute atomic E-state index is 10.9. The SMILES string of the molecule is CCNc1ncnc(NCCS(N)(=O)=O)c1C(C)C. The summed E-state index contributed by atoms with van der Waals surface area (Å²) in [6, 6.07) is 0. The smallest absolute Gasteiger partial charge is 0.210 e. The molecule has 0 radical (unpaired) electrons. The molecule has 0 saturated heterocycles. The summed E-state index contributed by atoms with van der Waals surface area (Å²) in [4.78, 5) is 8.37. The van der Waals surface area contributed by atoms with Gasteiger partial charge in [-0.2, -0.15) is 0 Å². The van der Waals surface area contributed by atoms with Crippen LogP contribution >= 0.6 is 0 Å². The van der Waals surface area contributed by atoms with E-state index in [2.05, 4.69) is 20.6 Å². The van der Waals surface area contributed by atoms with Crippen molar-refractivity contribution in [2.24, 2.45) is 5.14 Å². The van der Waals surface area contributed by atoms with Crippen molar-refractivity contribution in [3.63, 3.8) is 0 Å². The van der Waals surface area contributed by atoms with Gasteiger partial charge in [-0.05, 0) is 12.8 Å². The summed E-state index contributed by atoms with van der Waals surface area (Å²) in [6.07, 6.45) is 1.45. The number of hydrogen-bond donors (Lipinski definition) is 3. The number of sulfonamides is 1. The van der Waals surface area contributed by atoms with Gasteiger partial charge in [0.1, 0.15) is 18.0 Å². The summed E-state index contributed by atoms with van der Waals surface area (Å²) in [6.45, 7) is 7.03. The number of nitrogens with one attached hydrogen (secondary N) is 2. The number of nitrogens with zero attached hydrogens (tertiary/aromatic N) is 2. The molecule has 1 rings (SSSR count). The predicted octanol–water partition coefficient (Wildman–Crippen LogP) is 0.732. The minimum absolute atomic E-state index is 0.134. The molecule has 0 amide bonds. The molecule has 1 aromatic rings. The van der Waals surface area contributed by atoms with Crippen LogP contribution in [0.3, 0.4) is 0 Å². The van der Waals surface area contributed by atoms with Crippen LogP contribution in [0.4, 0.5) is 11.6 Å². The quantitative estimate of drug-likeness (QED) is 0.682. The highest BCUT2D eigenvalue weighted by atomic mass is 32.2. The third-order valence-corrected chi connectivity index (χ3v) is 3.26. The third kappa shape index (κ3) is 4.99. The van der Waals surface area contributed by atoms with Crippen LogP contribution in [-0.2, 0) is 10.0 Å². The zero-order chi connectivity index (χ0) is 14.5. The molecule has 0 spiro atoms. The van der Waals surface area contributed by atoms with Crippen LogP contribution in [0, 0.1) is 0 Å². The average molecular weight is 287 g/mol. The van der Waals surface area contributed by atoms with Crippen LogP contribution in [0.5, 0.6) is 0 Å². The van der Waals surface area contributed by atoms with Gasteiger partial charge in [-0.3, -0.25) is 0 Å². The van der Waals surface area contributed by atoms with E-state index < -0.39 is 10.0 Å². The second-order valence-electron chi connectivity index (χ2n) is 4.46. The molecule has 4 N–H and O–H groups in total. The first kappa shape index (κ1) is 15.6. The zero-order valence-electron chi connectivity index (χ0n) is 11.5. The summed E-state index contributed by atoms with van der Waals surface area (Å²) in [5.74, 6) is 1.49. The van der Waals surface area contributed by atoms with E-state index in [-0.39, 0.29) is 18.2 Å². The molecule has 0 aromatic carbocycles. The van der Waals surface area contributed by atoms with Gasteiger partial charge in [-0.25, -0.2) is 23.5 Å². The van der Waals surface area contributed by atoms with Crippen LogP contribution < -0.4 is 15.8 Å². The van der Waals surface area contributed by atoms with Crippen molar-refractivity contribution in [1.29, 1.82) is 0 Å². The fraction of sp³-hybridized carbons (Fsp3) is 0.636. The number of hydrogen-bond acceptors (Lipinski definition) is 6. The molecule has 108 valence electrons. The predicted molar refractivity (Wildman–Crippen MR) is 76.7 cm³/mol. The Morgan fingerprint density at radius 3 is 2.32 bits per heavy atom. The van der Waals surface area contributed by atoms with E-state index in [0.717, 1.165) is 17.9 Å². The summed E-state index contributed by atoms with van der Waals surface area (Å²) in [5, 5.41) is 11.1. The maximum atomic E-state index is 10.9. The van der Waals surface area contributed by atoms with Gasteiger partial charge in [0, 0.05) is 18.7 Å². The van der Waals surface area contributed by atoms with Crippen molar-refractivity contribution in [3.05, 3.63) is 11.9 Å². The van der Waals surface area contributed by atoms with E-state index in [1.165, 1.54) is 6.33 Å². The second kappa shape index (κ2) is 6.67. The first-order valence-corrected chi connectivity index (χ1v) is 7.89. The third-order valence-electron chi connectivity index (χ3n) is 2.48. The second-order valence-corrected chi connectivity index (χ2v) is 6.20. The lowest BCUT2D eigenvalue weighted by atomic mass is 10.0. The molecule has 0 bridgehead atoms. The number of aromatic nitrogens is 2. The first-order chi connectivity index (χ1) is 8.85. The highest BCUT2D eigenvalue weighted by molar-refractivity contribution is 7.89. The molecule has 0 fully saturated rings. The van der Waals surface area contributed by atoms with Crippen LogP contribution in [-0.4, -0.2) is 37.2 Å². The molecular formula is C11H21N5O2S. The number of rotatable bonds is 7. The van der Waals surface area contributed by atoms with Crippen molar-refractivity contribution >= 4 is 21.7 Å². The summed E-state index contributed by atoms with van der Waals surface area (Å²) < 4.78 is 21.8. The molecule has 8 heteroatoms. The molecule has 0 aliphatic carbocycles. The number of anilines is 2. The van der Waals surface area contributed by atoms with Crippen LogP contribution in [0.15, 0.2) is 6.33 Å². The molecule has 19 heavy (non-hydrogen) atoms. The Labute approximate surface area is 114 Å².